The van der Waals surface area contributed by atoms with E-state index in [1.807, 2.05) is 45.0 Å². The number of halogens is 1. The van der Waals surface area contributed by atoms with E-state index in [1.54, 1.807) is 18.3 Å². The second-order valence-electron chi connectivity index (χ2n) is 8.53. The molecule has 2 aromatic carbocycles. The Morgan fingerprint density at radius 1 is 1.24 bits per heavy atom. The van der Waals surface area contributed by atoms with Gasteiger partial charge in [-0.25, -0.2) is 0 Å². The van der Waals surface area contributed by atoms with E-state index in [2.05, 4.69) is 4.98 Å². The molecule has 178 valence electrons. The first kappa shape index (κ1) is 23.9. The third-order valence-corrected chi connectivity index (χ3v) is 6.17. The number of aromatic nitrogens is 1. The predicted octanol–water partition coefficient (Wildman–Crippen LogP) is 4.99. The molecular formula is C26H27ClN2O5. The topological polar surface area (TPSA) is 91.9 Å². The van der Waals surface area contributed by atoms with Crippen molar-refractivity contribution in [3.63, 3.8) is 0 Å². The number of hydrogen-bond acceptors (Lipinski definition) is 5. The number of aromatic amines is 1. The van der Waals surface area contributed by atoms with Gasteiger partial charge in [0.2, 0.25) is 0 Å². The Labute approximate surface area is 202 Å². The van der Waals surface area contributed by atoms with Gasteiger partial charge in [-0.2, -0.15) is 0 Å². The van der Waals surface area contributed by atoms with E-state index in [0.29, 0.717) is 10.6 Å². The lowest BCUT2D eigenvalue weighted by atomic mass is 9.94. The molecule has 1 fully saturated rings. The van der Waals surface area contributed by atoms with E-state index in [-0.39, 0.29) is 41.9 Å². The van der Waals surface area contributed by atoms with Gasteiger partial charge < -0.3 is 24.5 Å². The summed E-state index contributed by atoms with van der Waals surface area (Å²) in [7, 11) is 1.44. The van der Waals surface area contributed by atoms with Crippen molar-refractivity contribution in [2.45, 2.75) is 32.9 Å². The van der Waals surface area contributed by atoms with Gasteiger partial charge in [0.25, 0.3) is 11.7 Å². The third-order valence-electron chi connectivity index (χ3n) is 5.89. The van der Waals surface area contributed by atoms with Gasteiger partial charge in [-0.15, -0.1) is 0 Å². The Balaban J connectivity index is 1.93. The van der Waals surface area contributed by atoms with Gasteiger partial charge in [-0.3, -0.25) is 9.59 Å². The van der Waals surface area contributed by atoms with E-state index < -0.39 is 17.7 Å². The molecule has 34 heavy (non-hydrogen) atoms. The van der Waals surface area contributed by atoms with Crippen LogP contribution in [0, 0.1) is 6.92 Å². The summed E-state index contributed by atoms with van der Waals surface area (Å²) in [4.78, 5) is 31.1. The number of carbonyl (C=O) groups excluding carboxylic acids is 2. The van der Waals surface area contributed by atoms with E-state index in [1.165, 1.54) is 12.0 Å². The number of methoxy groups -OCH3 is 1. The van der Waals surface area contributed by atoms with Crippen molar-refractivity contribution in [3.8, 4) is 5.75 Å². The fourth-order valence-corrected chi connectivity index (χ4v) is 4.75. The number of rotatable bonds is 7. The number of ketones is 1. The predicted molar refractivity (Wildman–Crippen MR) is 131 cm³/mol. The highest BCUT2D eigenvalue weighted by molar-refractivity contribution is 6.46. The van der Waals surface area contributed by atoms with Crippen molar-refractivity contribution in [1.82, 2.24) is 9.88 Å². The molecule has 0 radical (unpaired) electrons. The first-order valence-electron chi connectivity index (χ1n) is 11.0. The number of nitrogens with one attached hydrogen (secondary N) is 1. The van der Waals surface area contributed by atoms with Crippen LogP contribution in [0.25, 0.3) is 16.7 Å². The van der Waals surface area contributed by atoms with Crippen LogP contribution >= 0.6 is 11.6 Å². The SMILES string of the molecule is COc1c(Cl)cc(C)cc1/C(O)=C1\C(=O)C(=O)N(CCOC(C)C)C1c1c[nH]c2ccccc12. The monoisotopic (exact) mass is 482 g/mol. The minimum absolute atomic E-state index is 0.0146. The molecule has 1 unspecified atom stereocenters. The van der Waals surface area contributed by atoms with Crippen LogP contribution in [0.4, 0.5) is 0 Å². The summed E-state index contributed by atoms with van der Waals surface area (Å²) in [6.07, 6.45) is 1.74. The van der Waals surface area contributed by atoms with Crippen molar-refractivity contribution < 1.29 is 24.2 Å². The zero-order valence-corrected chi connectivity index (χ0v) is 20.3. The minimum atomic E-state index is -0.809. The average molecular weight is 483 g/mol. The molecule has 7 nitrogen and oxygen atoms in total. The van der Waals surface area contributed by atoms with Gasteiger partial charge in [0, 0.05) is 29.2 Å². The second-order valence-corrected chi connectivity index (χ2v) is 8.94. The lowest BCUT2D eigenvalue weighted by molar-refractivity contribution is -0.140. The molecule has 0 saturated carbocycles. The summed E-state index contributed by atoms with van der Waals surface area (Å²) in [6.45, 7) is 6.07. The summed E-state index contributed by atoms with van der Waals surface area (Å²) in [5.41, 5.74) is 2.58. The van der Waals surface area contributed by atoms with E-state index in [0.717, 1.165) is 16.5 Å². The molecule has 1 atom stereocenters. The molecule has 4 rings (SSSR count). The minimum Gasteiger partial charge on any atom is -0.507 e. The average Bonchev–Trinajstić information content (AvgIpc) is 3.32. The largest absolute Gasteiger partial charge is 0.507 e. The van der Waals surface area contributed by atoms with Crippen molar-refractivity contribution >= 4 is 40.0 Å². The molecule has 2 N–H and O–H groups in total. The zero-order valence-electron chi connectivity index (χ0n) is 19.5. The first-order chi connectivity index (χ1) is 16.2. The highest BCUT2D eigenvalue weighted by Gasteiger charge is 2.47. The fraction of sp³-hybridized carbons (Fsp3) is 0.308. The highest BCUT2D eigenvalue weighted by atomic mass is 35.5. The Hall–Kier alpha value is -3.29. The number of ether oxygens (including phenoxy) is 2. The smallest absolute Gasteiger partial charge is 0.295 e. The Bertz CT molecular complexity index is 1290. The molecule has 0 spiro atoms. The number of likely N-dealkylation sites (tertiary alicyclic amines) is 1. The van der Waals surface area contributed by atoms with Gasteiger partial charge >= 0.3 is 0 Å². The summed E-state index contributed by atoms with van der Waals surface area (Å²) < 4.78 is 11.1. The number of nitrogens with zero attached hydrogens (tertiary/aromatic N) is 1. The molecular weight excluding hydrogens is 456 g/mol. The number of Topliss-reactive ketones (excluding diaryl/α,β-unsaturated/α-hetero) is 1. The van der Waals surface area contributed by atoms with Crippen LogP contribution in [0.3, 0.4) is 0 Å². The lowest BCUT2D eigenvalue weighted by Crippen LogP contribution is -2.33. The molecule has 1 amide bonds. The van der Waals surface area contributed by atoms with E-state index in [9.17, 15) is 14.7 Å². The summed E-state index contributed by atoms with van der Waals surface area (Å²) in [5, 5.41) is 12.6. The number of para-hydroxylation sites is 1. The maximum absolute atomic E-state index is 13.3. The number of aliphatic hydroxyl groups excluding tert-OH is 1. The maximum atomic E-state index is 13.3. The molecule has 2 heterocycles. The van der Waals surface area contributed by atoms with Crippen molar-refractivity contribution in [3.05, 3.63) is 69.9 Å². The molecule has 1 aliphatic heterocycles. The number of hydrogen-bond donors (Lipinski definition) is 2. The quantitative estimate of drug-likeness (QED) is 0.281. The van der Waals surface area contributed by atoms with Crippen LogP contribution in [0.15, 0.2) is 48.2 Å². The van der Waals surface area contributed by atoms with Crippen LogP contribution in [-0.4, -0.2) is 53.0 Å². The molecule has 1 aliphatic rings. The second kappa shape index (κ2) is 9.52. The van der Waals surface area contributed by atoms with Crippen LogP contribution in [0.2, 0.25) is 5.02 Å². The normalized spacial score (nSPS) is 17.8. The van der Waals surface area contributed by atoms with Crippen LogP contribution in [0.1, 0.15) is 36.6 Å². The zero-order chi connectivity index (χ0) is 24.6. The standard InChI is InChI=1S/C26H27ClN2O5/c1-14(2)34-10-9-29-22(18-13-28-20-8-6-5-7-16(18)20)21(24(31)26(29)32)23(30)17-11-15(3)12-19(27)25(17)33-4/h5-8,11-14,22,28,30H,9-10H2,1-4H3/b23-21+. The Morgan fingerprint density at radius 2 is 1.97 bits per heavy atom. The van der Waals surface area contributed by atoms with Gasteiger partial charge in [0.15, 0.2) is 0 Å². The Kier molecular flexibility index (Phi) is 6.68. The third kappa shape index (κ3) is 4.17. The molecule has 8 heteroatoms. The molecule has 3 aromatic rings. The van der Waals surface area contributed by atoms with Crippen molar-refractivity contribution in [1.29, 1.82) is 0 Å². The number of amides is 1. The number of carbonyl (C=O) groups is 2. The van der Waals surface area contributed by atoms with Gasteiger partial charge in [-0.05, 0) is 44.5 Å². The van der Waals surface area contributed by atoms with Crippen LogP contribution in [0.5, 0.6) is 5.75 Å². The van der Waals surface area contributed by atoms with Gasteiger partial charge in [0.1, 0.15) is 11.5 Å². The molecule has 1 aromatic heterocycles. The van der Waals surface area contributed by atoms with E-state index in [4.69, 9.17) is 21.1 Å². The fourth-order valence-electron chi connectivity index (χ4n) is 4.40. The van der Waals surface area contributed by atoms with Crippen LogP contribution in [-0.2, 0) is 14.3 Å². The Morgan fingerprint density at radius 3 is 2.68 bits per heavy atom. The number of fused-ring (bicyclic) bond motifs is 1. The van der Waals surface area contributed by atoms with E-state index >= 15 is 0 Å². The number of benzene rings is 2. The summed E-state index contributed by atoms with van der Waals surface area (Å²) in [6, 6.07) is 10.2. The molecule has 1 saturated heterocycles. The van der Waals surface area contributed by atoms with Crippen LogP contribution < -0.4 is 4.74 Å². The van der Waals surface area contributed by atoms with Gasteiger partial charge in [0.05, 0.1) is 42.0 Å². The first-order valence-corrected chi connectivity index (χ1v) is 11.4. The number of H-pyrrole nitrogens is 1. The lowest BCUT2D eigenvalue weighted by Gasteiger charge is -2.25. The van der Waals surface area contributed by atoms with Gasteiger partial charge in [-0.1, -0.05) is 29.8 Å². The molecule has 0 aliphatic carbocycles. The number of aryl methyl sites for hydroxylation is 1. The highest BCUT2D eigenvalue weighted by Crippen LogP contribution is 2.44. The maximum Gasteiger partial charge on any atom is 0.295 e. The number of aliphatic hydroxyl groups is 1. The summed E-state index contributed by atoms with van der Waals surface area (Å²) in [5.74, 6) is -1.56. The molecule has 0 bridgehead atoms. The van der Waals surface area contributed by atoms with Crippen molar-refractivity contribution in [2.24, 2.45) is 0 Å². The summed E-state index contributed by atoms with van der Waals surface area (Å²) >= 11 is 6.35. The van der Waals surface area contributed by atoms with Crippen molar-refractivity contribution in [2.75, 3.05) is 20.3 Å².